The second-order valence-electron chi connectivity index (χ2n) is 5.32. The summed E-state index contributed by atoms with van der Waals surface area (Å²) in [6.45, 7) is 4.10. The highest BCUT2D eigenvalue weighted by Gasteiger charge is 2.29. The molecule has 4 unspecified atom stereocenters. The Morgan fingerprint density at radius 1 is 0.952 bits per heavy atom. The van der Waals surface area contributed by atoms with Gasteiger partial charge >= 0.3 is 0 Å². The zero-order chi connectivity index (χ0) is 15.2. The van der Waals surface area contributed by atoms with Crippen LogP contribution in [0.2, 0.25) is 0 Å². The lowest BCUT2D eigenvalue weighted by Gasteiger charge is -2.26. The van der Waals surface area contributed by atoms with E-state index in [1.807, 2.05) is 67.6 Å². The second kappa shape index (κ2) is 7.53. The quantitative estimate of drug-likeness (QED) is 0.877. The van der Waals surface area contributed by atoms with E-state index in [9.17, 15) is 4.21 Å². The lowest BCUT2D eigenvalue weighted by Crippen LogP contribution is -2.28. The summed E-state index contributed by atoms with van der Waals surface area (Å²) in [6, 6.07) is 19.7. The van der Waals surface area contributed by atoms with E-state index in [1.54, 1.807) is 0 Å². The SMILES string of the molecule is CCC(C)S(=O)C(c1ccccc1)C(N)c1ccccc1. The Labute approximate surface area is 129 Å². The standard InChI is InChI=1S/C18H23NOS/c1-3-14(2)21(20)18(16-12-8-5-9-13-16)17(19)15-10-6-4-7-11-15/h4-14,17-18H,3,19H2,1-2H3. The third kappa shape index (κ3) is 3.80. The van der Waals surface area contributed by atoms with Crippen molar-refractivity contribution >= 4 is 10.8 Å². The van der Waals surface area contributed by atoms with Crippen LogP contribution in [0, 0.1) is 0 Å². The predicted octanol–water partition coefficient (Wildman–Crippen LogP) is 3.97. The molecule has 2 aromatic carbocycles. The first kappa shape index (κ1) is 15.9. The van der Waals surface area contributed by atoms with Crippen LogP contribution in [0.4, 0.5) is 0 Å². The molecule has 112 valence electrons. The van der Waals surface area contributed by atoms with Crippen molar-refractivity contribution in [2.24, 2.45) is 5.73 Å². The molecule has 3 heteroatoms. The summed E-state index contributed by atoms with van der Waals surface area (Å²) in [5.41, 5.74) is 8.55. The van der Waals surface area contributed by atoms with E-state index in [0.717, 1.165) is 17.5 Å². The lowest BCUT2D eigenvalue weighted by atomic mass is 9.99. The van der Waals surface area contributed by atoms with Crippen LogP contribution in [-0.4, -0.2) is 9.46 Å². The van der Waals surface area contributed by atoms with E-state index in [-0.39, 0.29) is 16.5 Å². The van der Waals surface area contributed by atoms with Crippen molar-refractivity contribution in [2.45, 2.75) is 36.8 Å². The summed E-state index contributed by atoms with van der Waals surface area (Å²) in [4.78, 5) is 0. The number of hydrogen-bond acceptors (Lipinski definition) is 2. The normalized spacial score (nSPS) is 16.9. The fourth-order valence-corrected chi connectivity index (χ4v) is 4.09. The van der Waals surface area contributed by atoms with Crippen LogP contribution < -0.4 is 5.73 Å². The van der Waals surface area contributed by atoms with Gasteiger partial charge in [-0.05, 0) is 17.5 Å². The topological polar surface area (TPSA) is 43.1 Å². The molecular weight excluding hydrogens is 278 g/mol. The molecule has 2 aromatic rings. The van der Waals surface area contributed by atoms with Gasteiger partial charge in [0.05, 0.1) is 5.25 Å². The summed E-state index contributed by atoms with van der Waals surface area (Å²) in [5.74, 6) is 0. The van der Waals surface area contributed by atoms with Crippen molar-refractivity contribution < 1.29 is 4.21 Å². The molecule has 2 N–H and O–H groups in total. The van der Waals surface area contributed by atoms with Gasteiger partial charge in [-0.1, -0.05) is 74.5 Å². The molecule has 0 radical (unpaired) electrons. The molecule has 21 heavy (non-hydrogen) atoms. The Kier molecular flexibility index (Phi) is 5.71. The maximum Gasteiger partial charge on any atom is 0.0792 e. The molecule has 0 aliphatic heterocycles. The zero-order valence-electron chi connectivity index (χ0n) is 12.6. The van der Waals surface area contributed by atoms with Gasteiger partial charge in [0.2, 0.25) is 0 Å². The average molecular weight is 301 g/mol. The third-order valence-corrected chi connectivity index (χ3v) is 6.05. The monoisotopic (exact) mass is 301 g/mol. The summed E-state index contributed by atoms with van der Waals surface area (Å²) in [7, 11) is -1.01. The number of rotatable bonds is 6. The molecule has 0 saturated heterocycles. The van der Waals surface area contributed by atoms with Crippen LogP contribution in [0.5, 0.6) is 0 Å². The first-order valence-electron chi connectivity index (χ1n) is 7.40. The Balaban J connectivity index is 2.39. The highest BCUT2D eigenvalue weighted by atomic mass is 32.2. The van der Waals surface area contributed by atoms with Gasteiger partial charge in [0.1, 0.15) is 0 Å². The van der Waals surface area contributed by atoms with E-state index < -0.39 is 10.8 Å². The maximum absolute atomic E-state index is 12.9. The van der Waals surface area contributed by atoms with Crippen molar-refractivity contribution in [3.63, 3.8) is 0 Å². The molecule has 0 aromatic heterocycles. The van der Waals surface area contributed by atoms with Crippen LogP contribution in [0.25, 0.3) is 0 Å². The van der Waals surface area contributed by atoms with Gasteiger partial charge in [0, 0.05) is 22.1 Å². The van der Waals surface area contributed by atoms with Crippen molar-refractivity contribution in [1.82, 2.24) is 0 Å². The zero-order valence-corrected chi connectivity index (χ0v) is 13.4. The van der Waals surface area contributed by atoms with E-state index in [4.69, 9.17) is 5.73 Å². The van der Waals surface area contributed by atoms with Gasteiger partial charge in [0.15, 0.2) is 0 Å². The molecule has 0 amide bonds. The van der Waals surface area contributed by atoms with Gasteiger partial charge in [-0.25, -0.2) is 0 Å². The van der Waals surface area contributed by atoms with Crippen LogP contribution in [0.3, 0.4) is 0 Å². The van der Waals surface area contributed by atoms with Gasteiger partial charge in [0.25, 0.3) is 0 Å². The number of nitrogens with two attached hydrogens (primary N) is 1. The Hall–Kier alpha value is -1.45. The van der Waals surface area contributed by atoms with Crippen molar-refractivity contribution in [2.75, 3.05) is 0 Å². The van der Waals surface area contributed by atoms with Crippen LogP contribution in [-0.2, 0) is 10.8 Å². The minimum Gasteiger partial charge on any atom is -0.323 e. The maximum atomic E-state index is 12.9. The first-order valence-corrected chi connectivity index (χ1v) is 8.67. The van der Waals surface area contributed by atoms with Crippen molar-refractivity contribution in [3.05, 3.63) is 71.8 Å². The van der Waals surface area contributed by atoms with E-state index in [2.05, 4.69) is 6.92 Å². The summed E-state index contributed by atoms with van der Waals surface area (Å²) >= 11 is 0. The molecule has 2 nitrogen and oxygen atoms in total. The molecule has 0 bridgehead atoms. The Bertz CT molecular complexity index is 570. The van der Waals surface area contributed by atoms with E-state index in [1.165, 1.54) is 0 Å². The summed E-state index contributed by atoms with van der Waals surface area (Å²) < 4.78 is 12.9. The molecule has 0 saturated carbocycles. The van der Waals surface area contributed by atoms with Gasteiger partial charge in [-0.2, -0.15) is 0 Å². The molecule has 0 fully saturated rings. The number of benzene rings is 2. The van der Waals surface area contributed by atoms with Crippen LogP contribution in [0.15, 0.2) is 60.7 Å². The van der Waals surface area contributed by atoms with Crippen LogP contribution >= 0.6 is 0 Å². The highest BCUT2D eigenvalue weighted by Crippen LogP contribution is 2.34. The van der Waals surface area contributed by atoms with Gasteiger partial charge in [-0.3, -0.25) is 4.21 Å². The molecule has 0 aliphatic carbocycles. The second-order valence-corrected chi connectivity index (χ2v) is 7.28. The first-order chi connectivity index (χ1) is 10.1. The van der Waals surface area contributed by atoms with E-state index >= 15 is 0 Å². The fraction of sp³-hybridized carbons (Fsp3) is 0.333. The largest absolute Gasteiger partial charge is 0.323 e. The third-order valence-electron chi connectivity index (χ3n) is 3.86. The molecule has 0 spiro atoms. The molecule has 0 aliphatic rings. The smallest absolute Gasteiger partial charge is 0.0792 e. The van der Waals surface area contributed by atoms with Crippen molar-refractivity contribution in [1.29, 1.82) is 0 Å². The number of hydrogen-bond donors (Lipinski definition) is 1. The predicted molar refractivity (Wildman–Crippen MR) is 90.4 cm³/mol. The lowest BCUT2D eigenvalue weighted by molar-refractivity contribution is 0.625. The van der Waals surface area contributed by atoms with Crippen molar-refractivity contribution in [3.8, 4) is 0 Å². The highest BCUT2D eigenvalue weighted by molar-refractivity contribution is 7.85. The molecule has 2 rings (SSSR count). The molecule has 4 atom stereocenters. The minimum absolute atomic E-state index is 0.130. The summed E-state index contributed by atoms with van der Waals surface area (Å²) in [6.07, 6.45) is 0.886. The average Bonchev–Trinajstić information content (AvgIpc) is 2.56. The minimum atomic E-state index is -1.01. The van der Waals surface area contributed by atoms with Gasteiger partial charge in [-0.15, -0.1) is 0 Å². The molecule has 0 heterocycles. The van der Waals surface area contributed by atoms with E-state index in [0.29, 0.717) is 0 Å². The molecular formula is C18H23NOS. The Morgan fingerprint density at radius 2 is 1.43 bits per heavy atom. The summed E-state index contributed by atoms with van der Waals surface area (Å²) in [5, 5.41) is -0.0477. The van der Waals surface area contributed by atoms with Crippen LogP contribution in [0.1, 0.15) is 42.7 Å². The Morgan fingerprint density at radius 3 is 1.90 bits per heavy atom. The van der Waals surface area contributed by atoms with Gasteiger partial charge < -0.3 is 5.73 Å². The fourth-order valence-electron chi connectivity index (χ4n) is 2.39.